The molecular formula is C27H27N3. The van der Waals surface area contributed by atoms with Gasteiger partial charge in [0.1, 0.15) is 0 Å². The van der Waals surface area contributed by atoms with E-state index in [4.69, 9.17) is 17.2 Å². The van der Waals surface area contributed by atoms with Crippen molar-refractivity contribution < 1.29 is 0 Å². The summed E-state index contributed by atoms with van der Waals surface area (Å²) in [6.07, 6.45) is 0. The Morgan fingerprint density at radius 1 is 0.400 bits per heavy atom. The van der Waals surface area contributed by atoms with Crippen LogP contribution >= 0.6 is 0 Å². The summed E-state index contributed by atoms with van der Waals surface area (Å²) in [5, 5.41) is 0. The van der Waals surface area contributed by atoms with E-state index in [0.29, 0.717) is 17.1 Å². The molecule has 4 rings (SSSR count). The summed E-state index contributed by atoms with van der Waals surface area (Å²) in [5.74, 6) is 0. The van der Waals surface area contributed by atoms with Crippen molar-refractivity contribution in [3.63, 3.8) is 0 Å². The zero-order valence-corrected chi connectivity index (χ0v) is 17.7. The number of nitrogens with two attached hydrogens (primary N) is 3. The van der Waals surface area contributed by atoms with E-state index >= 15 is 0 Å². The van der Waals surface area contributed by atoms with Crippen LogP contribution in [-0.4, -0.2) is 0 Å². The molecule has 0 heterocycles. The first-order valence-electron chi connectivity index (χ1n) is 10.1. The third-order valence-corrected chi connectivity index (χ3v) is 5.86. The maximum absolute atomic E-state index is 6.81. The normalized spacial score (nSPS) is 10.9. The lowest BCUT2D eigenvalue weighted by Crippen LogP contribution is -2.08. The van der Waals surface area contributed by atoms with Gasteiger partial charge in [-0.2, -0.15) is 0 Å². The highest BCUT2D eigenvalue weighted by atomic mass is 14.7. The molecule has 0 aliphatic rings. The quantitative estimate of drug-likeness (QED) is 0.354. The largest absolute Gasteiger partial charge is 0.398 e. The summed E-state index contributed by atoms with van der Waals surface area (Å²) in [4.78, 5) is 0. The van der Waals surface area contributed by atoms with Crippen molar-refractivity contribution in [3.05, 3.63) is 89.5 Å². The average molecular weight is 394 g/mol. The summed E-state index contributed by atoms with van der Waals surface area (Å²) in [6, 6.07) is 24.5. The van der Waals surface area contributed by atoms with Crippen LogP contribution in [0.4, 0.5) is 17.1 Å². The maximum atomic E-state index is 6.81. The molecule has 0 amide bonds. The minimum atomic E-state index is 0.617. The lowest BCUT2D eigenvalue weighted by Gasteiger charge is -2.24. The van der Waals surface area contributed by atoms with E-state index < -0.39 is 0 Å². The monoisotopic (exact) mass is 393 g/mol. The molecule has 4 aromatic carbocycles. The summed E-state index contributed by atoms with van der Waals surface area (Å²) in [5.41, 5.74) is 31.3. The van der Waals surface area contributed by atoms with E-state index in [1.807, 2.05) is 36.4 Å². The number of anilines is 3. The highest BCUT2D eigenvalue weighted by Gasteiger charge is 2.24. The van der Waals surface area contributed by atoms with Crippen LogP contribution in [-0.2, 0) is 0 Å². The van der Waals surface area contributed by atoms with Gasteiger partial charge in [-0.15, -0.1) is 0 Å². The summed E-state index contributed by atoms with van der Waals surface area (Å²) >= 11 is 0. The van der Waals surface area contributed by atoms with Crippen LogP contribution in [0.25, 0.3) is 33.4 Å². The highest BCUT2D eigenvalue weighted by molar-refractivity contribution is 6.10. The lowest BCUT2D eigenvalue weighted by atomic mass is 9.84. The molecule has 0 unspecified atom stereocenters. The fraction of sp³-hybridized carbons (Fsp3) is 0.111. The predicted octanol–water partition coefficient (Wildman–Crippen LogP) is 6.36. The Morgan fingerprint density at radius 3 is 0.867 bits per heavy atom. The lowest BCUT2D eigenvalue weighted by molar-refractivity contribution is 1.42. The molecule has 0 fully saturated rings. The Bertz CT molecular complexity index is 1080. The van der Waals surface area contributed by atoms with Gasteiger partial charge in [0.15, 0.2) is 0 Å². The van der Waals surface area contributed by atoms with Crippen molar-refractivity contribution in [3.8, 4) is 33.4 Å². The molecule has 30 heavy (non-hydrogen) atoms. The molecule has 6 N–H and O–H groups in total. The number of nitrogen functional groups attached to an aromatic ring is 3. The second-order valence-corrected chi connectivity index (χ2v) is 7.81. The number of rotatable bonds is 3. The van der Waals surface area contributed by atoms with Crippen molar-refractivity contribution in [2.75, 3.05) is 17.2 Å². The van der Waals surface area contributed by atoms with Crippen LogP contribution in [0.1, 0.15) is 16.7 Å². The molecule has 0 radical (unpaired) electrons. The van der Waals surface area contributed by atoms with Gasteiger partial charge in [-0.25, -0.2) is 0 Å². The first-order chi connectivity index (χ1) is 14.4. The molecule has 0 aromatic heterocycles. The van der Waals surface area contributed by atoms with Crippen molar-refractivity contribution in [2.24, 2.45) is 0 Å². The third kappa shape index (κ3) is 3.09. The molecule has 0 aliphatic heterocycles. The molecule has 3 heteroatoms. The van der Waals surface area contributed by atoms with E-state index in [0.717, 1.165) is 50.1 Å². The van der Waals surface area contributed by atoms with E-state index in [2.05, 4.69) is 57.2 Å². The van der Waals surface area contributed by atoms with E-state index in [1.165, 1.54) is 0 Å². The van der Waals surface area contributed by atoms with Gasteiger partial charge in [0.2, 0.25) is 0 Å². The topological polar surface area (TPSA) is 78.1 Å². The fourth-order valence-electron chi connectivity index (χ4n) is 4.24. The highest BCUT2D eigenvalue weighted by Crippen LogP contribution is 2.51. The van der Waals surface area contributed by atoms with Crippen LogP contribution in [0.15, 0.2) is 72.8 Å². The molecule has 0 aliphatic carbocycles. The minimum absolute atomic E-state index is 0.617. The first kappa shape index (κ1) is 19.6. The summed E-state index contributed by atoms with van der Waals surface area (Å²) < 4.78 is 0. The fourth-order valence-corrected chi connectivity index (χ4v) is 4.24. The van der Waals surface area contributed by atoms with Gasteiger partial charge in [-0.3, -0.25) is 0 Å². The predicted molar refractivity (Wildman–Crippen MR) is 130 cm³/mol. The Balaban J connectivity index is 2.19. The zero-order chi connectivity index (χ0) is 21.4. The molecule has 0 bridgehead atoms. The number of hydrogen-bond acceptors (Lipinski definition) is 3. The van der Waals surface area contributed by atoms with Crippen LogP contribution in [0, 0.1) is 20.8 Å². The number of benzene rings is 4. The molecule has 150 valence electrons. The average Bonchev–Trinajstić information content (AvgIpc) is 2.72. The van der Waals surface area contributed by atoms with Gasteiger partial charge >= 0.3 is 0 Å². The van der Waals surface area contributed by atoms with Gasteiger partial charge < -0.3 is 17.2 Å². The van der Waals surface area contributed by atoms with E-state index in [-0.39, 0.29) is 0 Å². The Hall–Kier alpha value is -3.72. The maximum Gasteiger partial charge on any atom is 0.0515 e. The number of aryl methyl sites for hydroxylation is 3. The van der Waals surface area contributed by atoms with Gasteiger partial charge in [-0.1, -0.05) is 72.8 Å². The van der Waals surface area contributed by atoms with Gasteiger partial charge in [-0.05, 0) is 54.2 Å². The standard InChI is InChI=1S/C27H27N3/c1-16-10-4-7-13-19(16)22-25(28)23(20-14-8-5-11-17(20)2)27(30)24(26(22)29)21-15-9-6-12-18(21)3/h4-15H,28-30H2,1-3H3. The van der Waals surface area contributed by atoms with E-state index in [1.54, 1.807) is 0 Å². The van der Waals surface area contributed by atoms with Crippen molar-refractivity contribution >= 4 is 17.1 Å². The van der Waals surface area contributed by atoms with Gasteiger partial charge in [0.25, 0.3) is 0 Å². The van der Waals surface area contributed by atoms with E-state index in [9.17, 15) is 0 Å². The molecule has 0 saturated heterocycles. The van der Waals surface area contributed by atoms with Gasteiger partial charge in [0, 0.05) is 16.7 Å². The smallest absolute Gasteiger partial charge is 0.0515 e. The SMILES string of the molecule is Cc1ccccc1-c1c(N)c(-c2ccccc2C)c(N)c(-c2ccccc2C)c1N. The molecule has 3 nitrogen and oxygen atoms in total. The summed E-state index contributed by atoms with van der Waals surface area (Å²) in [7, 11) is 0. The second-order valence-electron chi connectivity index (χ2n) is 7.81. The van der Waals surface area contributed by atoms with Crippen LogP contribution in [0.3, 0.4) is 0 Å². The van der Waals surface area contributed by atoms with Gasteiger partial charge in [0.05, 0.1) is 17.1 Å². The van der Waals surface area contributed by atoms with Crippen molar-refractivity contribution in [2.45, 2.75) is 20.8 Å². The third-order valence-electron chi connectivity index (χ3n) is 5.86. The van der Waals surface area contributed by atoms with Crippen molar-refractivity contribution in [1.82, 2.24) is 0 Å². The molecule has 4 aromatic rings. The molecular weight excluding hydrogens is 366 g/mol. The number of hydrogen-bond donors (Lipinski definition) is 3. The minimum Gasteiger partial charge on any atom is -0.398 e. The molecule has 0 spiro atoms. The summed E-state index contributed by atoms with van der Waals surface area (Å²) in [6.45, 7) is 6.22. The first-order valence-corrected chi connectivity index (χ1v) is 10.1. The Labute approximate surface area is 178 Å². The van der Waals surface area contributed by atoms with Crippen LogP contribution < -0.4 is 17.2 Å². The molecule has 0 atom stereocenters. The zero-order valence-electron chi connectivity index (χ0n) is 17.7. The Morgan fingerprint density at radius 2 is 0.633 bits per heavy atom. The molecule has 0 saturated carbocycles. The Kier molecular flexibility index (Phi) is 4.96. The van der Waals surface area contributed by atoms with Crippen LogP contribution in [0.5, 0.6) is 0 Å². The van der Waals surface area contributed by atoms with Crippen molar-refractivity contribution in [1.29, 1.82) is 0 Å². The van der Waals surface area contributed by atoms with Crippen LogP contribution in [0.2, 0.25) is 0 Å². The second kappa shape index (κ2) is 7.60.